The Bertz CT molecular complexity index is 610. The molecule has 0 aromatic carbocycles. The van der Waals surface area contributed by atoms with E-state index in [1.165, 1.54) is 10.9 Å². The Kier molecular flexibility index (Phi) is 4.86. The highest BCUT2D eigenvalue weighted by molar-refractivity contribution is 7.89. The van der Waals surface area contributed by atoms with Gasteiger partial charge < -0.3 is 0 Å². The van der Waals surface area contributed by atoms with Crippen molar-refractivity contribution in [2.24, 2.45) is 5.92 Å². The van der Waals surface area contributed by atoms with Crippen molar-refractivity contribution >= 4 is 10.0 Å². The minimum absolute atomic E-state index is 0.0263. The molecule has 9 heteroatoms. The molecule has 5 nitrogen and oxygen atoms in total. The van der Waals surface area contributed by atoms with Crippen LogP contribution in [0, 0.1) is 5.92 Å². The predicted octanol–water partition coefficient (Wildman–Crippen LogP) is 2.86. The number of sulfonamides is 1. The van der Waals surface area contributed by atoms with Crippen LogP contribution < -0.4 is 4.72 Å². The highest BCUT2D eigenvalue weighted by Gasteiger charge is 2.46. The Balaban J connectivity index is 2.19. The molecule has 0 unspecified atom stereocenters. The number of alkyl halides is 3. The highest BCUT2D eigenvalue weighted by Crippen LogP contribution is 2.38. The lowest BCUT2D eigenvalue weighted by Gasteiger charge is -2.33. The largest absolute Gasteiger partial charge is 0.393 e. The Morgan fingerprint density at radius 1 is 1.32 bits per heavy atom. The monoisotopic (exact) mass is 339 g/mol. The van der Waals surface area contributed by atoms with Crippen LogP contribution in [0.25, 0.3) is 0 Å². The van der Waals surface area contributed by atoms with Crippen LogP contribution in [0.2, 0.25) is 0 Å². The molecule has 0 saturated heterocycles. The van der Waals surface area contributed by atoms with E-state index in [0.29, 0.717) is 12.8 Å². The van der Waals surface area contributed by atoms with Gasteiger partial charge in [-0.15, -0.1) is 0 Å². The number of nitrogens with zero attached hydrogens (tertiary/aromatic N) is 2. The van der Waals surface area contributed by atoms with E-state index in [1.807, 2.05) is 13.8 Å². The maximum absolute atomic E-state index is 13.0. The SMILES string of the molecule is CC(C)n1cc(S(=O)(=O)N[C@H]2CCCC[C@@H]2C(F)(F)F)cn1. The molecule has 0 aliphatic heterocycles. The summed E-state index contributed by atoms with van der Waals surface area (Å²) < 4.78 is 67.3. The molecule has 0 radical (unpaired) electrons. The molecule has 1 saturated carbocycles. The van der Waals surface area contributed by atoms with Crippen molar-refractivity contribution in [3.63, 3.8) is 0 Å². The quantitative estimate of drug-likeness (QED) is 0.917. The van der Waals surface area contributed by atoms with Gasteiger partial charge in [0.05, 0.1) is 12.1 Å². The van der Waals surface area contributed by atoms with Crippen LogP contribution in [0.3, 0.4) is 0 Å². The third-order valence-corrected chi connectivity index (χ3v) is 5.35. The van der Waals surface area contributed by atoms with Crippen LogP contribution in [0.5, 0.6) is 0 Å². The van der Waals surface area contributed by atoms with Crippen molar-refractivity contribution in [3.05, 3.63) is 12.4 Å². The van der Waals surface area contributed by atoms with Crippen molar-refractivity contribution in [2.75, 3.05) is 0 Å². The van der Waals surface area contributed by atoms with Crippen LogP contribution in [-0.4, -0.2) is 30.4 Å². The van der Waals surface area contributed by atoms with Gasteiger partial charge in [0.1, 0.15) is 4.90 Å². The van der Waals surface area contributed by atoms with E-state index in [4.69, 9.17) is 0 Å². The van der Waals surface area contributed by atoms with Gasteiger partial charge in [-0.25, -0.2) is 13.1 Å². The van der Waals surface area contributed by atoms with E-state index in [1.54, 1.807) is 0 Å². The second-order valence-corrected chi connectivity index (χ2v) is 7.62. The molecular weight excluding hydrogens is 319 g/mol. The summed E-state index contributed by atoms with van der Waals surface area (Å²) in [5.41, 5.74) is 0. The second kappa shape index (κ2) is 6.19. The average Bonchev–Trinajstić information content (AvgIpc) is 2.88. The van der Waals surface area contributed by atoms with E-state index in [2.05, 4.69) is 9.82 Å². The lowest BCUT2D eigenvalue weighted by molar-refractivity contribution is -0.187. The van der Waals surface area contributed by atoms with Gasteiger partial charge in [0.25, 0.3) is 0 Å². The number of aromatic nitrogens is 2. The normalized spacial score (nSPS) is 23.9. The molecule has 1 heterocycles. The van der Waals surface area contributed by atoms with Gasteiger partial charge in [-0.1, -0.05) is 12.8 Å². The number of rotatable bonds is 4. The summed E-state index contributed by atoms with van der Waals surface area (Å²) in [6, 6.07) is -1.14. The first-order valence-electron chi connectivity index (χ1n) is 7.24. The number of hydrogen-bond acceptors (Lipinski definition) is 3. The van der Waals surface area contributed by atoms with Crippen molar-refractivity contribution in [2.45, 2.75) is 62.7 Å². The van der Waals surface area contributed by atoms with E-state index >= 15 is 0 Å². The first kappa shape index (κ1) is 17.3. The van der Waals surface area contributed by atoms with Crippen LogP contribution in [0.4, 0.5) is 13.2 Å². The summed E-state index contributed by atoms with van der Waals surface area (Å²) >= 11 is 0. The summed E-state index contributed by atoms with van der Waals surface area (Å²) in [4.78, 5) is -0.104. The Hall–Kier alpha value is -1.09. The van der Waals surface area contributed by atoms with Gasteiger partial charge >= 0.3 is 6.18 Å². The molecule has 1 aromatic heterocycles. The fourth-order valence-corrected chi connectivity index (χ4v) is 3.92. The van der Waals surface area contributed by atoms with Crippen molar-refractivity contribution in [1.29, 1.82) is 0 Å². The lowest BCUT2D eigenvalue weighted by atomic mass is 9.85. The zero-order valence-electron chi connectivity index (χ0n) is 12.5. The fraction of sp³-hybridized carbons (Fsp3) is 0.769. The standard InChI is InChI=1S/C13H20F3N3O2S/c1-9(2)19-8-10(7-17-19)22(20,21)18-12-6-4-3-5-11(12)13(14,15)16/h7-9,11-12,18H,3-6H2,1-2H3/t11-,12-/m0/s1. The number of halogens is 3. The molecule has 0 amide bonds. The van der Waals surface area contributed by atoms with E-state index < -0.39 is 28.2 Å². The zero-order valence-corrected chi connectivity index (χ0v) is 13.3. The molecule has 1 fully saturated rings. The zero-order chi connectivity index (χ0) is 16.5. The molecule has 22 heavy (non-hydrogen) atoms. The van der Waals surface area contributed by atoms with Crippen molar-refractivity contribution in [1.82, 2.24) is 14.5 Å². The molecule has 1 aliphatic carbocycles. The number of hydrogen-bond donors (Lipinski definition) is 1. The van der Waals surface area contributed by atoms with E-state index in [-0.39, 0.29) is 23.8 Å². The molecule has 1 aliphatic rings. The smallest absolute Gasteiger partial charge is 0.269 e. The van der Waals surface area contributed by atoms with Gasteiger partial charge in [-0.2, -0.15) is 18.3 Å². The van der Waals surface area contributed by atoms with Gasteiger partial charge in [0.15, 0.2) is 0 Å². The fourth-order valence-electron chi connectivity index (χ4n) is 2.67. The Labute approximate surface area is 127 Å². The van der Waals surface area contributed by atoms with Crippen LogP contribution in [0.1, 0.15) is 45.6 Å². The molecule has 2 rings (SSSR count). The minimum Gasteiger partial charge on any atom is -0.269 e. The van der Waals surface area contributed by atoms with Gasteiger partial charge in [-0.05, 0) is 26.7 Å². The maximum Gasteiger partial charge on any atom is 0.393 e. The van der Waals surface area contributed by atoms with Crippen LogP contribution >= 0.6 is 0 Å². The highest BCUT2D eigenvalue weighted by atomic mass is 32.2. The second-order valence-electron chi connectivity index (χ2n) is 5.91. The number of nitrogens with one attached hydrogen (secondary N) is 1. The Morgan fingerprint density at radius 2 is 1.95 bits per heavy atom. The van der Waals surface area contributed by atoms with Gasteiger partial charge in [0.2, 0.25) is 10.0 Å². The predicted molar refractivity (Wildman–Crippen MR) is 74.7 cm³/mol. The van der Waals surface area contributed by atoms with Crippen molar-refractivity contribution < 1.29 is 21.6 Å². The third kappa shape index (κ3) is 3.81. The molecular formula is C13H20F3N3O2S. The summed E-state index contributed by atoms with van der Waals surface area (Å²) in [7, 11) is -4.00. The Morgan fingerprint density at radius 3 is 2.50 bits per heavy atom. The summed E-state index contributed by atoms with van der Waals surface area (Å²) in [5.74, 6) is -1.63. The topological polar surface area (TPSA) is 64.0 Å². The summed E-state index contributed by atoms with van der Waals surface area (Å²) in [5, 5.41) is 3.92. The lowest BCUT2D eigenvalue weighted by Crippen LogP contribution is -2.47. The molecule has 2 atom stereocenters. The summed E-state index contributed by atoms with van der Waals surface area (Å²) in [6.07, 6.45) is -0.690. The molecule has 1 aromatic rings. The third-order valence-electron chi connectivity index (χ3n) is 3.91. The maximum atomic E-state index is 13.0. The molecule has 0 spiro atoms. The first-order valence-corrected chi connectivity index (χ1v) is 8.73. The summed E-state index contributed by atoms with van der Waals surface area (Å²) in [6.45, 7) is 3.66. The molecule has 1 N–H and O–H groups in total. The van der Waals surface area contributed by atoms with E-state index in [0.717, 1.165) is 6.20 Å². The molecule has 126 valence electrons. The first-order chi connectivity index (χ1) is 10.1. The van der Waals surface area contributed by atoms with Crippen LogP contribution in [-0.2, 0) is 10.0 Å². The van der Waals surface area contributed by atoms with Gasteiger partial charge in [-0.3, -0.25) is 4.68 Å². The van der Waals surface area contributed by atoms with Gasteiger partial charge in [0, 0.05) is 18.3 Å². The molecule has 0 bridgehead atoms. The van der Waals surface area contributed by atoms with Crippen molar-refractivity contribution in [3.8, 4) is 0 Å². The minimum atomic E-state index is -4.39. The van der Waals surface area contributed by atoms with E-state index in [9.17, 15) is 21.6 Å². The average molecular weight is 339 g/mol. The van der Waals surface area contributed by atoms with Crippen LogP contribution in [0.15, 0.2) is 17.3 Å².